The smallest absolute Gasteiger partial charge is 0.260 e. The molecule has 1 aromatic heterocycles. The van der Waals surface area contributed by atoms with Crippen LogP contribution in [0.1, 0.15) is 31.2 Å². The number of nitrogens with zero attached hydrogens (tertiary/aromatic N) is 3. The van der Waals surface area contributed by atoms with Crippen LogP contribution in [0.2, 0.25) is 0 Å². The van der Waals surface area contributed by atoms with Crippen LogP contribution >= 0.6 is 32.9 Å². The molecule has 4 aliphatic heterocycles. The molecule has 0 aliphatic carbocycles. The van der Waals surface area contributed by atoms with Gasteiger partial charge in [0, 0.05) is 11.9 Å². The summed E-state index contributed by atoms with van der Waals surface area (Å²) < 4.78 is 0. The molecule has 0 N–H and O–H groups in total. The Hall–Kier alpha value is -1.17. The van der Waals surface area contributed by atoms with E-state index in [4.69, 9.17) is 0 Å². The molecule has 5 atom stereocenters. The zero-order valence-corrected chi connectivity index (χ0v) is 16.0. The normalized spacial score (nSPS) is 41.3. The van der Waals surface area contributed by atoms with Gasteiger partial charge in [0.25, 0.3) is 5.91 Å². The molecule has 0 aromatic carbocycles. The van der Waals surface area contributed by atoms with Crippen LogP contribution in [0.4, 0.5) is 0 Å². The van der Waals surface area contributed by atoms with Crippen LogP contribution < -0.4 is 0 Å². The Morgan fingerprint density at radius 1 is 1.38 bits per heavy atom. The van der Waals surface area contributed by atoms with Gasteiger partial charge in [-0.05, 0) is 31.7 Å². The molecule has 126 valence electrons. The first-order valence-corrected chi connectivity index (χ1v) is 10.8. The summed E-state index contributed by atoms with van der Waals surface area (Å²) in [5.41, 5.74) is -0.677. The molecule has 24 heavy (non-hydrogen) atoms. The molecule has 5 nitrogen and oxygen atoms in total. The van der Waals surface area contributed by atoms with E-state index in [1.165, 1.54) is 21.6 Å². The molecule has 3 unspecified atom stereocenters. The summed E-state index contributed by atoms with van der Waals surface area (Å²) >= 11 is 1.57. The van der Waals surface area contributed by atoms with Crippen LogP contribution in [0.25, 0.3) is 0 Å². The van der Waals surface area contributed by atoms with Crippen molar-refractivity contribution in [1.82, 2.24) is 9.80 Å². The molecular weight excluding hydrogens is 362 g/mol. The number of amides is 2. The lowest BCUT2D eigenvalue weighted by molar-refractivity contribution is -0.143. The van der Waals surface area contributed by atoms with Crippen LogP contribution in [0.5, 0.6) is 0 Å². The van der Waals surface area contributed by atoms with Crippen molar-refractivity contribution in [2.24, 2.45) is 5.41 Å². The minimum Gasteiger partial charge on any atom is -0.326 e. The van der Waals surface area contributed by atoms with Gasteiger partial charge in [-0.25, -0.2) is 0 Å². The first kappa shape index (κ1) is 16.3. The highest BCUT2D eigenvalue weighted by Crippen LogP contribution is 2.60. The quantitative estimate of drug-likeness (QED) is 0.702. The number of fused-ring (bicyclic) bond motifs is 2. The summed E-state index contributed by atoms with van der Waals surface area (Å²) in [6, 6.07) is 5.86. The summed E-state index contributed by atoms with van der Waals surface area (Å²) in [6.45, 7) is 3.73. The average Bonchev–Trinajstić information content (AvgIpc) is 3.15. The second-order valence-corrected chi connectivity index (χ2v) is 10.6. The molecule has 2 bridgehead atoms. The Bertz CT molecular complexity index is 761. The topological polar surface area (TPSA) is 64.4 Å². The molecule has 0 radical (unpaired) electrons. The summed E-state index contributed by atoms with van der Waals surface area (Å²) in [6.07, 6.45) is 0.533. The maximum atomic E-state index is 13.5. The second-order valence-electron chi connectivity index (χ2n) is 6.91. The van der Waals surface area contributed by atoms with Gasteiger partial charge in [0.2, 0.25) is 5.91 Å². The van der Waals surface area contributed by atoms with E-state index in [2.05, 4.69) is 6.07 Å². The van der Waals surface area contributed by atoms with Crippen molar-refractivity contribution in [1.29, 1.82) is 5.26 Å². The van der Waals surface area contributed by atoms with Crippen molar-refractivity contribution in [2.75, 3.05) is 7.05 Å². The monoisotopic (exact) mass is 379 g/mol. The van der Waals surface area contributed by atoms with Crippen LogP contribution in [-0.4, -0.2) is 44.8 Å². The molecule has 5 heterocycles. The Morgan fingerprint density at radius 3 is 2.75 bits per heavy atom. The predicted molar refractivity (Wildman–Crippen MR) is 96.2 cm³/mol. The SMILES string of the molecule is CN1C(=O)[C@H]2SSC1(C)C(=O)N1C2C[C@](C)(C#N)C1c1cccs1. The Morgan fingerprint density at radius 2 is 2.12 bits per heavy atom. The van der Waals surface area contributed by atoms with Crippen molar-refractivity contribution in [3.8, 4) is 6.07 Å². The summed E-state index contributed by atoms with van der Waals surface area (Å²) in [5, 5.41) is 11.5. The molecule has 2 amide bonds. The Balaban J connectivity index is 1.90. The third-order valence-corrected chi connectivity index (χ3v) is 9.85. The molecule has 4 fully saturated rings. The molecule has 4 aliphatic rings. The fourth-order valence-corrected chi connectivity index (χ4v) is 8.25. The third-order valence-electron chi connectivity index (χ3n) is 5.45. The Kier molecular flexibility index (Phi) is 3.51. The molecule has 1 aromatic rings. The van der Waals surface area contributed by atoms with Crippen LogP contribution in [0.15, 0.2) is 17.5 Å². The van der Waals surface area contributed by atoms with E-state index in [9.17, 15) is 14.9 Å². The molecule has 0 spiro atoms. The van der Waals surface area contributed by atoms with Crippen LogP contribution in [0, 0.1) is 16.7 Å². The molecule has 0 saturated carbocycles. The van der Waals surface area contributed by atoms with Gasteiger partial charge in [0.1, 0.15) is 5.25 Å². The summed E-state index contributed by atoms with van der Waals surface area (Å²) in [5.74, 6) is -0.0626. The lowest BCUT2D eigenvalue weighted by atomic mass is 9.81. The first-order chi connectivity index (χ1) is 11.3. The third kappa shape index (κ3) is 1.89. The minimum atomic E-state index is -0.913. The van der Waals surface area contributed by atoms with Crippen molar-refractivity contribution in [3.05, 3.63) is 22.4 Å². The number of likely N-dealkylation sites (N-methyl/N-ethyl adjacent to an activating group) is 1. The van der Waals surface area contributed by atoms with E-state index in [1.54, 1.807) is 23.3 Å². The molecule has 8 heteroatoms. The minimum absolute atomic E-state index is 0.00535. The lowest BCUT2D eigenvalue weighted by Gasteiger charge is -2.40. The summed E-state index contributed by atoms with van der Waals surface area (Å²) in [7, 11) is 4.68. The van der Waals surface area contributed by atoms with Crippen molar-refractivity contribution < 1.29 is 9.59 Å². The van der Waals surface area contributed by atoms with E-state index >= 15 is 0 Å². The van der Waals surface area contributed by atoms with E-state index < -0.39 is 10.3 Å². The molecule has 5 rings (SSSR count). The van der Waals surface area contributed by atoms with Gasteiger partial charge >= 0.3 is 0 Å². The maximum Gasteiger partial charge on any atom is 0.260 e. The number of hydrogen-bond acceptors (Lipinski definition) is 6. The van der Waals surface area contributed by atoms with Crippen LogP contribution in [-0.2, 0) is 9.59 Å². The zero-order valence-electron chi connectivity index (χ0n) is 13.6. The van der Waals surface area contributed by atoms with E-state index in [0.29, 0.717) is 6.42 Å². The largest absolute Gasteiger partial charge is 0.326 e. The van der Waals surface area contributed by atoms with E-state index in [-0.39, 0.29) is 29.1 Å². The number of carbonyl (C=O) groups excluding carboxylic acids is 2. The fraction of sp³-hybridized carbons (Fsp3) is 0.562. The molecular formula is C16H17N3O2S3. The van der Waals surface area contributed by atoms with Crippen molar-refractivity contribution in [2.45, 2.75) is 42.5 Å². The highest BCUT2D eigenvalue weighted by atomic mass is 33.1. The highest BCUT2D eigenvalue weighted by molar-refractivity contribution is 8.77. The molecule has 4 saturated heterocycles. The number of carbonyl (C=O) groups is 2. The number of nitriles is 1. The summed E-state index contributed by atoms with van der Waals surface area (Å²) in [4.78, 5) is 29.8. The van der Waals surface area contributed by atoms with Gasteiger partial charge in [-0.1, -0.05) is 27.7 Å². The van der Waals surface area contributed by atoms with E-state index in [0.717, 1.165) is 4.88 Å². The predicted octanol–water partition coefficient (Wildman–Crippen LogP) is 2.87. The highest BCUT2D eigenvalue weighted by Gasteiger charge is 2.65. The average molecular weight is 380 g/mol. The first-order valence-electron chi connectivity index (χ1n) is 7.73. The van der Waals surface area contributed by atoms with E-state index in [1.807, 2.05) is 36.3 Å². The van der Waals surface area contributed by atoms with Gasteiger partial charge in [0.15, 0.2) is 4.87 Å². The second kappa shape index (κ2) is 5.16. The number of rotatable bonds is 1. The zero-order chi connectivity index (χ0) is 17.3. The van der Waals surface area contributed by atoms with Crippen molar-refractivity contribution in [3.63, 3.8) is 0 Å². The van der Waals surface area contributed by atoms with Gasteiger partial charge < -0.3 is 9.80 Å². The van der Waals surface area contributed by atoms with Gasteiger partial charge in [0.05, 0.1) is 23.6 Å². The lowest BCUT2D eigenvalue weighted by Crippen LogP contribution is -2.55. The van der Waals surface area contributed by atoms with Gasteiger partial charge in [-0.3, -0.25) is 9.59 Å². The standard InChI is InChI=1S/C16H17N3O2S3/c1-15(8-17)7-9-11-13(20)18(3)16(2,24-23-11)14(21)19(9)12(15)10-5-4-6-22-10/h4-6,9,11-12H,7H2,1-3H3/t9?,11-,12?,15+,16?/m0/s1. The number of hydrogen-bond donors (Lipinski definition) is 0. The maximum absolute atomic E-state index is 13.5. The van der Waals surface area contributed by atoms with Gasteiger partial charge in [-0.2, -0.15) is 5.26 Å². The Labute approximate surface area is 152 Å². The van der Waals surface area contributed by atoms with Gasteiger partial charge in [-0.15, -0.1) is 11.3 Å². The van der Waals surface area contributed by atoms with Crippen LogP contribution in [0.3, 0.4) is 0 Å². The number of thiophene rings is 1. The van der Waals surface area contributed by atoms with Crippen molar-refractivity contribution >= 4 is 44.7 Å². The fourth-order valence-electron chi connectivity index (χ4n) is 3.96.